The standard InChI is InChI=1S/C9H14NO7P/c10-9(8(13)14)1-3(2-18(15,16)17)4-5(6(4)9)7(11)12/h2,4-7,11-12H,1,10H2,(H,13,14)(H2,15,16,17)/b3-2-. The van der Waals surface area contributed by atoms with E-state index in [1.807, 2.05) is 0 Å². The molecule has 0 aromatic rings. The monoisotopic (exact) mass is 279 g/mol. The average molecular weight is 279 g/mol. The van der Waals surface area contributed by atoms with Gasteiger partial charge in [-0.2, -0.15) is 0 Å². The van der Waals surface area contributed by atoms with Gasteiger partial charge in [0.2, 0.25) is 0 Å². The lowest BCUT2D eigenvalue weighted by atomic mass is 9.90. The molecule has 0 spiro atoms. The van der Waals surface area contributed by atoms with Gasteiger partial charge in [0.15, 0.2) is 6.29 Å². The fraction of sp³-hybridized carbons (Fsp3) is 0.667. The number of carboxylic acids is 1. The fourth-order valence-electron chi connectivity index (χ4n) is 2.99. The molecule has 8 nitrogen and oxygen atoms in total. The van der Waals surface area contributed by atoms with Crippen LogP contribution in [0.5, 0.6) is 0 Å². The average Bonchev–Trinajstić information content (AvgIpc) is 2.82. The maximum atomic E-state index is 11.1. The van der Waals surface area contributed by atoms with Gasteiger partial charge in [0, 0.05) is 17.7 Å². The Morgan fingerprint density at radius 1 is 1.50 bits per heavy atom. The molecule has 4 unspecified atom stereocenters. The van der Waals surface area contributed by atoms with Gasteiger partial charge in [-0.3, -0.25) is 9.36 Å². The van der Waals surface area contributed by atoms with Crippen LogP contribution < -0.4 is 5.73 Å². The molecule has 0 aromatic heterocycles. The highest BCUT2D eigenvalue weighted by Gasteiger charge is 2.71. The van der Waals surface area contributed by atoms with Gasteiger partial charge in [0.1, 0.15) is 5.54 Å². The van der Waals surface area contributed by atoms with Crippen molar-refractivity contribution in [2.45, 2.75) is 18.2 Å². The van der Waals surface area contributed by atoms with E-state index in [1.165, 1.54) is 0 Å². The van der Waals surface area contributed by atoms with Gasteiger partial charge in [-0.25, -0.2) is 0 Å². The molecule has 7 N–H and O–H groups in total. The summed E-state index contributed by atoms with van der Waals surface area (Å²) in [5, 5.41) is 27.3. The smallest absolute Gasteiger partial charge is 0.349 e. The molecule has 2 aliphatic rings. The molecule has 2 aliphatic carbocycles. The minimum absolute atomic E-state index is 0.188. The molecule has 9 heteroatoms. The molecule has 0 aliphatic heterocycles. The van der Waals surface area contributed by atoms with Gasteiger partial charge in [-0.1, -0.05) is 5.57 Å². The zero-order valence-corrected chi connectivity index (χ0v) is 10.1. The highest BCUT2D eigenvalue weighted by atomic mass is 31.2. The lowest BCUT2D eigenvalue weighted by molar-refractivity contribution is -0.144. The summed E-state index contributed by atoms with van der Waals surface area (Å²) in [5.41, 5.74) is 4.21. The van der Waals surface area contributed by atoms with Crippen LogP contribution in [-0.2, 0) is 9.36 Å². The number of carboxylic acid groups (broad SMARTS) is 1. The number of fused-ring (bicyclic) bond motifs is 1. The van der Waals surface area contributed by atoms with Crippen LogP contribution in [0.2, 0.25) is 0 Å². The predicted molar refractivity (Wildman–Crippen MR) is 58.0 cm³/mol. The van der Waals surface area contributed by atoms with E-state index in [1.54, 1.807) is 0 Å². The molecule has 4 atom stereocenters. The van der Waals surface area contributed by atoms with Crippen molar-refractivity contribution in [3.05, 3.63) is 11.4 Å². The summed E-state index contributed by atoms with van der Waals surface area (Å²) in [7, 11) is -4.44. The number of nitrogens with two attached hydrogens (primary N) is 1. The van der Waals surface area contributed by atoms with E-state index in [0.717, 1.165) is 0 Å². The Labute approximate surface area is 102 Å². The number of aliphatic hydroxyl groups is 2. The van der Waals surface area contributed by atoms with E-state index in [4.69, 9.17) is 30.8 Å². The number of aliphatic carboxylic acids is 1. The van der Waals surface area contributed by atoms with Crippen molar-refractivity contribution in [3.63, 3.8) is 0 Å². The van der Waals surface area contributed by atoms with Crippen molar-refractivity contribution in [1.82, 2.24) is 0 Å². The lowest BCUT2D eigenvalue weighted by Crippen LogP contribution is -2.49. The summed E-state index contributed by atoms with van der Waals surface area (Å²) in [5.74, 6) is -2.69. The molecule has 0 radical (unpaired) electrons. The van der Waals surface area contributed by atoms with Crippen LogP contribution >= 0.6 is 7.60 Å². The zero-order valence-electron chi connectivity index (χ0n) is 9.17. The summed E-state index contributed by atoms with van der Waals surface area (Å²) in [6.07, 6.45) is -1.94. The molecule has 0 aromatic carbocycles. The van der Waals surface area contributed by atoms with E-state index < -0.39 is 43.1 Å². The number of hydrogen-bond acceptors (Lipinski definition) is 5. The van der Waals surface area contributed by atoms with Crippen molar-refractivity contribution < 1.29 is 34.5 Å². The van der Waals surface area contributed by atoms with E-state index in [-0.39, 0.29) is 12.0 Å². The Morgan fingerprint density at radius 3 is 2.44 bits per heavy atom. The van der Waals surface area contributed by atoms with Crippen LogP contribution in [0.15, 0.2) is 11.4 Å². The number of hydrogen-bond donors (Lipinski definition) is 6. The van der Waals surface area contributed by atoms with Gasteiger partial charge in [-0.15, -0.1) is 0 Å². The summed E-state index contributed by atoms with van der Waals surface area (Å²) in [6, 6.07) is 0. The number of aliphatic hydroxyl groups excluding tert-OH is 1. The number of rotatable bonds is 3. The molecule has 102 valence electrons. The predicted octanol–water partition coefficient (Wildman–Crippen LogP) is -1.59. The molecular weight excluding hydrogens is 265 g/mol. The lowest BCUT2D eigenvalue weighted by Gasteiger charge is -2.23. The first-order chi connectivity index (χ1) is 8.08. The van der Waals surface area contributed by atoms with Gasteiger partial charge in [0.05, 0.1) is 0 Å². The minimum Gasteiger partial charge on any atom is -0.480 e. The maximum Gasteiger partial charge on any atom is 0.349 e. The molecule has 0 heterocycles. The van der Waals surface area contributed by atoms with Gasteiger partial charge in [-0.05, 0) is 12.3 Å². The molecule has 0 bridgehead atoms. The van der Waals surface area contributed by atoms with E-state index in [9.17, 15) is 9.36 Å². The highest BCUT2D eigenvalue weighted by Crippen LogP contribution is 2.66. The molecular formula is C9H14NO7P. The van der Waals surface area contributed by atoms with Crippen molar-refractivity contribution >= 4 is 13.6 Å². The van der Waals surface area contributed by atoms with Crippen LogP contribution in [-0.4, -0.2) is 42.9 Å². The Morgan fingerprint density at radius 2 is 2.06 bits per heavy atom. The summed E-state index contributed by atoms with van der Waals surface area (Å²) in [4.78, 5) is 28.9. The van der Waals surface area contributed by atoms with Crippen molar-refractivity contribution in [2.75, 3.05) is 0 Å². The second kappa shape index (κ2) is 3.86. The number of carbonyl (C=O) groups is 1. The van der Waals surface area contributed by atoms with Crippen molar-refractivity contribution in [1.29, 1.82) is 0 Å². The Hall–Kier alpha value is -0.760. The first kappa shape index (κ1) is 13.7. The van der Waals surface area contributed by atoms with Gasteiger partial charge < -0.3 is 30.8 Å². The molecule has 0 saturated heterocycles. The summed E-state index contributed by atoms with van der Waals surface area (Å²) < 4.78 is 10.9. The molecule has 2 saturated carbocycles. The SMILES string of the molecule is NC1(C(=O)O)C/C(=C/P(=O)(O)O)C2C(C(O)O)C21. The third-order valence-corrected chi connectivity index (χ3v) is 4.34. The van der Waals surface area contributed by atoms with Gasteiger partial charge >= 0.3 is 13.6 Å². The van der Waals surface area contributed by atoms with Crippen LogP contribution in [0.1, 0.15) is 6.42 Å². The van der Waals surface area contributed by atoms with Crippen LogP contribution in [0, 0.1) is 17.8 Å². The second-order valence-corrected chi connectivity index (χ2v) is 6.29. The quantitative estimate of drug-likeness (QED) is 0.266. The highest BCUT2D eigenvalue weighted by molar-refractivity contribution is 7.55. The Balaban J connectivity index is 2.37. The third-order valence-electron chi connectivity index (χ3n) is 3.67. The largest absolute Gasteiger partial charge is 0.480 e. The van der Waals surface area contributed by atoms with E-state index >= 15 is 0 Å². The van der Waals surface area contributed by atoms with Crippen molar-refractivity contribution in [3.8, 4) is 0 Å². The topological polar surface area (TPSA) is 161 Å². The van der Waals surface area contributed by atoms with Crippen molar-refractivity contribution in [2.24, 2.45) is 23.5 Å². The van der Waals surface area contributed by atoms with Gasteiger partial charge in [0.25, 0.3) is 0 Å². The maximum absolute atomic E-state index is 11.1. The zero-order chi connectivity index (χ0) is 13.9. The normalized spacial score (nSPS) is 41.2. The molecule has 2 fully saturated rings. The van der Waals surface area contributed by atoms with E-state index in [0.29, 0.717) is 5.82 Å². The Kier molecular flexibility index (Phi) is 2.93. The second-order valence-electron chi connectivity index (χ2n) is 4.86. The first-order valence-electron chi connectivity index (χ1n) is 5.23. The fourth-order valence-corrected chi connectivity index (χ4v) is 3.68. The molecule has 18 heavy (non-hydrogen) atoms. The van der Waals surface area contributed by atoms with Crippen LogP contribution in [0.4, 0.5) is 0 Å². The van der Waals surface area contributed by atoms with E-state index in [2.05, 4.69) is 0 Å². The van der Waals surface area contributed by atoms with Crippen LogP contribution in [0.25, 0.3) is 0 Å². The molecule has 0 amide bonds. The van der Waals surface area contributed by atoms with Crippen LogP contribution in [0.3, 0.4) is 0 Å². The summed E-state index contributed by atoms with van der Waals surface area (Å²) in [6.45, 7) is 0. The Bertz CT molecular complexity index is 470. The third kappa shape index (κ3) is 2.01. The molecule has 2 rings (SSSR count). The minimum atomic E-state index is -4.44. The summed E-state index contributed by atoms with van der Waals surface area (Å²) >= 11 is 0. The first-order valence-corrected chi connectivity index (χ1v) is 6.91.